The molecule has 132 valence electrons. The maximum Gasteiger partial charge on any atom is 0.244 e. The molecule has 1 aromatic carbocycles. The molecule has 0 atom stereocenters. The lowest BCUT2D eigenvalue weighted by Crippen LogP contribution is -2.18. The number of hydrogen-bond donors (Lipinski definition) is 2. The van der Waals surface area contributed by atoms with Crippen LogP contribution in [0.4, 0.5) is 5.82 Å². The Hall–Kier alpha value is -2.80. The number of rotatable bonds is 4. The largest absolute Gasteiger partial charge is 0.366 e. The number of nitrogens with two attached hydrogens (primary N) is 1. The predicted molar refractivity (Wildman–Crippen MR) is 107 cm³/mol. The normalized spacial score (nSPS) is 15.0. The van der Waals surface area contributed by atoms with E-state index in [0.29, 0.717) is 5.03 Å². The van der Waals surface area contributed by atoms with E-state index in [1.54, 1.807) is 10.9 Å². The van der Waals surface area contributed by atoms with Crippen LogP contribution in [-0.2, 0) is 4.79 Å². The zero-order chi connectivity index (χ0) is 18.1. The summed E-state index contributed by atoms with van der Waals surface area (Å²) in [6, 6.07) is 10.1. The topological polar surface area (TPSA) is 77.0 Å². The van der Waals surface area contributed by atoms with Crippen LogP contribution in [0.2, 0.25) is 0 Å². The fourth-order valence-electron chi connectivity index (χ4n) is 3.35. The van der Waals surface area contributed by atoms with Gasteiger partial charge in [0.15, 0.2) is 0 Å². The summed E-state index contributed by atoms with van der Waals surface area (Å²) >= 11 is 4.33. The molecule has 3 heterocycles. The van der Waals surface area contributed by atoms with Gasteiger partial charge in [0.25, 0.3) is 0 Å². The fraction of sp³-hybridized carbons (Fsp3) is 0.211. The van der Waals surface area contributed by atoms with Gasteiger partial charge in [-0.3, -0.25) is 4.79 Å². The monoisotopic (exact) mass is 365 g/mol. The van der Waals surface area contributed by atoms with E-state index >= 15 is 0 Å². The molecule has 1 saturated heterocycles. The molecule has 0 radical (unpaired) electrons. The standard InChI is InChI=1S/C19H19N5OS/c20-17(25)10-19(26)24-16-5-3-4-14(15(16)12-22-24)13-6-7-18(21-11-13)23-8-1-2-9-23/h3-7,10-12,26H,1-2,8-9H2,(H2,20,25)/b19-10-. The lowest BCUT2D eigenvalue weighted by molar-refractivity contribution is -0.113. The fourth-order valence-corrected chi connectivity index (χ4v) is 3.64. The second-order valence-electron chi connectivity index (χ2n) is 6.30. The third-order valence-electron chi connectivity index (χ3n) is 4.59. The summed E-state index contributed by atoms with van der Waals surface area (Å²) < 4.78 is 1.60. The Kier molecular flexibility index (Phi) is 4.38. The first-order valence-corrected chi connectivity index (χ1v) is 8.97. The molecule has 0 unspecified atom stereocenters. The molecule has 2 N–H and O–H groups in total. The third-order valence-corrected chi connectivity index (χ3v) is 4.91. The number of hydrogen-bond acceptors (Lipinski definition) is 5. The first-order valence-electron chi connectivity index (χ1n) is 8.52. The average Bonchev–Trinajstić information content (AvgIpc) is 3.31. The molecule has 0 bridgehead atoms. The molecule has 0 aliphatic carbocycles. The van der Waals surface area contributed by atoms with Gasteiger partial charge in [-0.2, -0.15) is 5.10 Å². The molecule has 1 aliphatic heterocycles. The van der Waals surface area contributed by atoms with Crippen LogP contribution >= 0.6 is 12.6 Å². The molecule has 2 aromatic heterocycles. The highest BCUT2D eigenvalue weighted by Gasteiger charge is 2.14. The molecule has 3 aromatic rings. The Labute approximate surface area is 156 Å². The van der Waals surface area contributed by atoms with Crippen LogP contribution in [0.1, 0.15) is 12.8 Å². The molecule has 1 aliphatic rings. The van der Waals surface area contributed by atoms with Gasteiger partial charge >= 0.3 is 0 Å². The first kappa shape index (κ1) is 16.7. The first-order chi connectivity index (χ1) is 12.6. The number of fused-ring (bicyclic) bond motifs is 1. The number of pyridine rings is 1. The van der Waals surface area contributed by atoms with Gasteiger partial charge in [0, 0.05) is 36.3 Å². The molecule has 6 nitrogen and oxygen atoms in total. The number of carbonyl (C=O) groups excluding carboxylic acids is 1. The predicted octanol–water partition coefficient (Wildman–Crippen LogP) is 2.91. The zero-order valence-electron chi connectivity index (χ0n) is 14.2. The number of aromatic nitrogens is 3. The number of benzene rings is 1. The van der Waals surface area contributed by atoms with Crippen molar-refractivity contribution in [3.63, 3.8) is 0 Å². The minimum Gasteiger partial charge on any atom is -0.366 e. The number of nitrogens with zero attached hydrogens (tertiary/aromatic N) is 4. The summed E-state index contributed by atoms with van der Waals surface area (Å²) in [6.07, 6.45) is 7.37. The Morgan fingerprint density at radius 1 is 1.15 bits per heavy atom. The SMILES string of the molecule is NC(=O)/C=C(\S)n1ncc2c(-c3ccc(N4CCCC4)nc3)cccc21. The molecule has 0 saturated carbocycles. The molecule has 0 spiro atoms. The van der Waals surface area contributed by atoms with Crippen molar-refractivity contribution in [2.24, 2.45) is 5.73 Å². The van der Waals surface area contributed by atoms with E-state index in [4.69, 9.17) is 5.73 Å². The molecule has 26 heavy (non-hydrogen) atoms. The number of thiol groups is 1. The lowest BCUT2D eigenvalue weighted by Gasteiger charge is -2.16. The third kappa shape index (κ3) is 3.06. The number of amides is 1. The Balaban J connectivity index is 1.73. The van der Waals surface area contributed by atoms with E-state index < -0.39 is 5.91 Å². The van der Waals surface area contributed by atoms with Crippen molar-refractivity contribution in [2.45, 2.75) is 12.8 Å². The molecular formula is C19H19N5OS. The highest BCUT2D eigenvalue weighted by atomic mass is 32.1. The summed E-state index contributed by atoms with van der Waals surface area (Å²) in [5, 5.41) is 5.70. The molecule has 4 rings (SSSR count). The van der Waals surface area contributed by atoms with Crippen LogP contribution < -0.4 is 10.6 Å². The van der Waals surface area contributed by atoms with Crippen LogP contribution in [0.15, 0.2) is 48.8 Å². The van der Waals surface area contributed by atoms with Crippen molar-refractivity contribution in [3.8, 4) is 11.1 Å². The van der Waals surface area contributed by atoms with E-state index in [0.717, 1.165) is 40.9 Å². The Bertz CT molecular complexity index is 987. The van der Waals surface area contributed by atoms with E-state index in [1.165, 1.54) is 18.9 Å². The molecule has 1 fully saturated rings. The van der Waals surface area contributed by atoms with Crippen molar-refractivity contribution < 1.29 is 4.79 Å². The van der Waals surface area contributed by atoms with Crippen LogP contribution in [0.25, 0.3) is 27.1 Å². The van der Waals surface area contributed by atoms with Crippen molar-refractivity contribution in [3.05, 3.63) is 48.8 Å². The van der Waals surface area contributed by atoms with Crippen LogP contribution in [0, 0.1) is 0 Å². The summed E-state index contributed by atoms with van der Waals surface area (Å²) in [6.45, 7) is 2.15. The molecule has 1 amide bonds. The van der Waals surface area contributed by atoms with Gasteiger partial charge in [-0.1, -0.05) is 12.1 Å². The van der Waals surface area contributed by atoms with Crippen LogP contribution in [0.3, 0.4) is 0 Å². The zero-order valence-corrected chi connectivity index (χ0v) is 15.1. The Morgan fingerprint density at radius 3 is 2.65 bits per heavy atom. The van der Waals surface area contributed by atoms with Gasteiger partial charge < -0.3 is 10.6 Å². The van der Waals surface area contributed by atoms with Gasteiger partial charge in [-0.05, 0) is 36.6 Å². The van der Waals surface area contributed by atoms with Crippen molar-refractivity contribution in [1.29, 1.82) is 0 Å². The minimum atomic E-state index is -0.559. The minimum absolute atomic E-state index is 0.382. The van der Waals surface area contributed by atoms with E-state index in [2.05, 4.69) is 39.7 Å². The second-order valence-corrected chi connectivity index (χ2v) is 6.76. The van der Waals surface area contributed by atoms with Gasteiger partial charge in [0.05, 0.1) is 11.7 Å². The maximum absolute atomic E-state index is 11.1. The molecule has 7 heteroatoms. The summed E-state index contributed by atoms with van der Waals surface area (Å²) in [7, 11) is 0. The maximum atomic E-state index is 11.1. The van der Waals surface area contributed by atoms with Gasteiger partial charge in [0.2, 0.25) is 5.91 Å². The number of primary amides is 1. The Morgan fingerprint density at radius 2 is 1.96 bits per heavy atom. The van der Waals surface area contributed by atoms with Gasteiger partial charge in [-0.25, -0.2) is 9.67 Å². The lowest BCUT2D eigenvalue weighted by atomic mass is 10.0. The summed E-state index contributed by atoms with van der Waals surface area (Å²) in [4.78, 5) is 18.1. The van der Waals surface area contributed by atoms with Crippen LogP contribution in [0.5, 0.6) is 0 Å². The van der Waals surface area contributed by atoms with E-state index in [9.17, 15) is 4.79 Å². The smallest absolute Gasteiger partial charge is 0.244 e. The number of anilines is 1. The summed E-state index contributed by atoms with van der Waals surface area (Å²) in [5.41, 5.74) is 8.13. The average molecular weight is 365 g/mol. The quantitative estimate of drug-likeness (QED) is 0.550. The second kappa shape index (κ2) is 6.84. The van der Waals surface area contributed by atoms with Gasteiger partial charge in [-0.15, -0.1) is 12.6 Å². The van der Waals surface area contributed by atoms with Crippen molar-refractivity contribution in [2.75, 3.05) is 18.0 Å². The van der Waals surface area contributed by atoms with Crippen molar-refractivity contribution in [1.82, 2.24) is 14.8 Å². The van der Waals surface area contributed by atoms with E-state index in [-0.39, 0.29) is 0 Å². The number of carbonyl (C=O) groups is 1. The van der Waals surface area contributed by atoms with Crippen molar-refractivity contribution >= 4 is 40.3 Å². The van der Waals surface area contributed by atoms with Gasteiger partial charge in [0.1, 0.15) is 10.8 Å². The van der Waals surface area contributed by atoms with E-state index in [1.807, 2.05) is 24.4 Å². The van der Waals surface area contributed by atoms with Crippen LogP contribution in [-0.4, -0.2) is 33.8 Å². The highest BCUT2D eigenvalue weighted by molar-refractivity contribution is 7.90. The highest BCUT2D eigenvalue weighted by Crippen LogP contribution is 2.30. The summed E-state index contributed by atoms with van der Waals surface area (Å²) in [5.74, 6) is 0.465. The molecular weight excluding hydrogens is 346 g/mol.